The third-order valence-corrected chi connectivity index (χ3v) is 8.35. The minimum atomic E-state index is -0.826. The number of nitrogen functional groups attached to an aromatic ring is 1. The SMILES string of the molecule is CC1(C)CCc2sc(-c3cccc(CNc4nc5ccc(N)cc5s4)c3)c(C(=O)O)c2C1. The normalized spacial score (nSPS) is 14.9. The molecule has 0 unspecified atom stereocenters. The number of anilines is 2. The Hall–Kier alpha value is -2.90. The van der Waals surface area contributed by atoms with Crippen LogP contribution in [-0.4, -0.2) is 16.1 Å². The van der Waals surface area contributed by atoms with Crippen molar-refractivity contribution in [1.29, 1.82) is 0 Å². The molecule has 2 heterocycles. The summed E-state index contributed by atoms with van der Waals surface area (Å²) in [6.45, 7) is 5.06. The Bertz CT molecular complexity index is 1340. The molecule has 0 aliphatic heterocycles. The molecular formula is C25H25N3O2S2. The van der Waals surface area contributed by atoms with Crippen LogP contribution < -0.4 is 11.1 Å². The number of nitrogens with two attached hydrogens (primary N) is 1. The molecule has 0 atom stereocenters. The van der Waals surface area contributed by atoms with E-state index in [1.807, 2.05) is 30.3 Å². The van der Waals surface area contributed by atoms with Gasteiger partial charge in [0.15, 0.2) is 5.13 Å². The average Bonchev–Trinajstić information content (AvgIpc) is 3.32. The van der Waals surface area contributed by atoms with Crippen LogP contribution in [0.15, 0.2) is 42.5 Å². The fourth-order valence-electron chi connectivity index (χ4n) is 4.37. The first kappa shape index (κ1) is 21.0. The van der Waals surface area contributed by atoms with Crippen LogP contribution in [0, 0.1) is 5.41 Å². The van der Waals surface area contributed by atoms with Crippen molar-refractivity contribution in [1.82, 2.24) is 4.98 Å². The van der Waals surface area contributed by atoms with Crippen molar-refractivity contribution < 1.29 is 9.90 Å². The maximum absolute atomic E-state index is 12.2. The van der Waals surface area contributed by atoms with Crippen molar-refractivity contribution in [3.05, 3.63) is 64.0 Å². The molecule has 0 fully saturated rings. The number of nitrogens with zero attached hydrogens (tertiary/aromatic N) is 1. The fourth-order valence-corrected chi connectivity index (χ4v) is 6.58. The average molecular weight is 464 g/mol. The monoisotopic (exact) mass is 463 g/mol. The lowest BCUT2D eigenvalue weighted by Gasteiger charge is -2.29. The van der Waals surface area contributed by atoms with E-state index in [0.717, 1.165) is 61.9 Å². The van der Waals surface area contributed by atoms with E-state index < -0.39 is 5.97 Å². The first-order chi connectivity index (χ1) is 15.3. The molecule has 32 heavy (non-hydrogen) atoms. The van der Waals surface area contributed by atoms with Gasteiger partial charge in [-0.2, -0.15) is 0 Å². The molecule has 0 amide bonds. The van der Waals surface area contributed by atoms with Crippen LogP contribution in [0.5, 0.6) is 0 Å². The number of nitrogens with one attached hydrogen (secondary N) is 1. The van der Waals surface area contributed by atoms with E-state index in [-0.39, 0.29) is 5.41 Å². The summed E-state index contributed by atoms with van der Waals surface area (Å²) in [5.41, 5.74) is 11.3. The lowest BCUT2D eigenvalue weighted by atomic mass is 9.76. The van der Waals surface area contributed by atoms with Gasteiger partial charge in [-0.05, 0) is 65.6 Å². The van der Waals surface area contributed by atoms with Crippen molar-refractivity contribution in [3.63, 3.8) is 0 Å². The quantitative estimate of drug-likeness (QED) is 0.297. The minimum Gasteiger partial charge on any atom is -0.478 e. The molecule has 0 radical (unpaired) electrons. The number of aromatic carboxylic acids is 1. The third-order valence-electron chi connectivity index (χ3n) is 6.03. The van der Waals surface area contributed by atoms with Crippen LogP contribution in [0.3, 0.4) is 0 Å². The first-order valence-electron chi connectivity index (χ1n) is 10.7. The summed E-state index contributed by atoms with van der Waals surface area (Å²) in [4.78, 5) is 18.9. The van der Waals surface area contributed by atoms with Crippen molar-refractivity contribution in [2.24, 2.45) is 5.41 Å². The van der Waals surface area contributed by atoms with Crippen LogP contribution in [0.2, 0.25) is 0 Å². The second-order valence-corrected chi connectivity index (χ2v) is 11.3. The number of thiazole rings is 1. The molecule has 0 spiro atoms. The Labute approximate surface area is 194 Å². The van der Waals surface area contributed by atoms with Crippen LogP contribution in [0.1, 0.15) is 46.6 Å². The molecule has 5 rings (SSSR count). The Morgan fingerprint density at radius 3 is 2.88 bits per heavy atom. The third kappa shape index (κ3) is 3.98. The van der Waals surface area contributed by atoms with E-state index in [9.17, 15) is 9.90 Å². The van der Waals surface area contributed by atoms with Crippen LogP contribution in [0.4, 0.5) is 10.8 Å². The molecule has 4 N–H and O–H groups in total. The van der Waals surface area contributed by atoms with Crippen molar-refractivity contribution in [3.8, 4) is 10.4 Å². The van der Waals surface area contributed by atoms with Gasteiger partial charge in [-0.1, -0.05) is 43.4 Å². The predicted octanol–water partition coefficient (Wildman–Crippen LogP) is 6.43. The molecule has 1 aliphatic carbocycles. The van der Waals surface area contributed by atoms with E-state index in [4.69, 9.17) is 5.73 Å². The second kappa shape index (κ2) is 7.90. The molecule has 0 saturated carbocycles. The zero-order valence-electron chi connectivity index (χ0n) is 18.1. The number of benzene rings is 2. The maximum atomic E-state index is 12.2. The number of hydrogen-bond donors (Lipinski definition) is 3. The predicted molar refractivity (Wildman–Crippen MR) is 134 cm³/mol. The molecule has 5 nitrogen and oxygen atoms in total. The molecule has 2 aromatic heterocycles. The van der Waals surface area contributed by atoms with E-state index in [0.29, 0.717) is 12.1 Å². The van der Waals surface area contributed by atoms with E-state index in [2.05, 4.69) is 36.3 Å². The highest BCUT2D eigenvalue weighted by Crippen LogP contribution is 2.45. The van der Waals surface area contributed by atoms with Gasteiger partial charge in [-0.25, -0.2) is 9.78 Å². The standard InChI is InChI=1S/C25H25N3O2S2/c1-25(2)9-8-19-17(12-25)21(23(29)30)22(31-19)15-5-3-4-14(10-15)13-27-24-28-18-7-6-16(26)11-20(18)32-24/h3-7,10-11H,8-9,12-13,26H2,1-2H3,(H,27,28)(H,29,30). The van der Waals surface area contributed by atoms with E-state index in [1.54, 1.807) is 22.7 Å². The van der Waals surface area contributed by atoms with Gasteiger partial charge < -0.3 is 16.2 Å². The number of fused-ring (bicyclic) bond motifs is 2. The molecule has 0 bridgehead atoms. The summed E-state index contributed by atoms with van der Waals surface area (Å²) < 4.78 is 1.06. The van der Waals surface area contributed by atoms with Gasteiger partial charge in [-0.15, -0.1) is 11.3 Å². The van der Waals surface area contributed by atoms with Crippen LogP contribution in [-0.2, 0) is 19.4 Å². The summed E-state index contributed by atoms with van der Waals surface area (Å²) >= 11 is 3.23. The number of aryl methyl sites for hydroxylation is 1. The lowest BCUT2D eigenvalue weighted by molar-refractivity contribution is 0.0696. The molecule has 0 saturated heterocycles. The Balaban J connectivity index is 1.43. The number of carboxylic acid groups (broad SMARTS) is 1. The number of carboxylic acids is 1. The van der Waals surface area contributed by atoms with Gasteiger partial charge in [0.25, 0.3) is 0 Å². The zero-order valence-corrected chi connectivity index (χ0v) is 19.7. The fraction of sp³-hybridized carbons (Fsp3) is 0.280. The van der Waals surface area contributed by atoms with Gasteiger partial charge in [0.2, 0.25) is 0 Å². The number of carbonyl (C=O) groups is 1. The van der Waals surface area contributed by atoms with E-state index >= 15 is 0 Å². The zero-order chi connectivity index (χ0) is 22.5. The van der Waals surface area contributed by atoms with Gasteiger partial charge in [0, 0.05) is 22.0 Å². The number of aromatic nitrogens is 1. The Morgan fingerprint density at radius 1 is 1.22 bits per heavy atom. The molecular weight excluding hydrogens is 438 g/mol. The Morgan fingerprint density at radius 2 is 2.06 bits per heavy atom. The summed E-state index contributed by atoms with van der Waals surface area (Å²) in [7, 11) is 0. The van der Waals surface area contributed by atoms with Crippen molar-refractivity contribution in [2.45, 2.75) is 39.7 Å². The number of hydrogen-bond acceptors (Lipinski definition) is 6. The van der Waals surface area contributed by atoms with E-state index in [1.165, 1.54) is 4.88 Å². The van der Waals surface area contributed by atoms with Gasteiger partial charge >= 0.3 is 5.97 Å². The lowest BCUT2D eigenvalue weighted by Crippen LogP contribution is -2.22. The molecule has 4 aromatic rings. The van der Waals surface area contributed by atoms with Crippen LogP contribution in [0.25, 0.3) is 20.7 Å². The number of rotatable bonds is 5. The summed E-state index contributed by atoms with van der Waals surface area (Å²) in [5.74, 6) is -0.826. The summed E-state index contributed by atoms with van der Waals surface area (Å²) in [6.07, 6.45) is 2.87. The van der Waals surface area contributed by atoms with Gasteiger partial charge in [0.05, 0.1) is 15.8 Å². The topological polar surface area (TPSA) is 88.2 Å². The summed E-state index contributed by atoms with van der Waals surface area (Å²) in [6, 6.07) is 13.9. The van der Waals surface area contributed by atoms with Gasteiger partial charge in [-0.3, -0.25) is 0 Å². The van der Waals surface area contributed by atoms with Crippen molar-refractivity contribution in [2.75, 3.05) is 11.1 Å². The minimum absolute atomic E-state index is 0.142. The van der Waals surface area contributed by atoms with Gasteiger partial charge in [0.1, 0.15) is 0 Å². The molecule has 7 heteroatoms. The molecule has 1 aliphatic rings. The molecule has 2 aromatic carbocycles. The molecule has 164 valence electrons. The highest BCUT2D eigenvalue weighted by molar-refractivity contribution is 7.22. The highest BCUT2D eigenvalue weighted by atomic mass is 32.1. The van der Waals surface area contributed by atoms with Crippen LogP contribution >= 0.6 is 22.7 Å². The smallest absolute Gasteiger partial charge is 0.337 e. The summed E-state index contributed by atoms with van der Waals surface area (Å²) in [5, 5.41) is 14.3. The largest absolute Gasteiger partial charge is 0.478 e. The highest BCUT2D eigenvalue weighted by Gasteiger charge is 2.32. The maximum Gasteiger partial charge on any atom is 0.337 e. The Kier molecular flexibility index (Phi) is 5.18. The van der Waals surface area contributed by atoms with Crippen molar-refractivity contribution >= 4 is 49.7 Å². The number of thiophene rings is 1. The first-order valence-corrected chi connectivity index (χ1v) is 12.3. The second-order valence-electron chi connectivity index (χ2n) is 9.15.